The van der Waals surface area contributed by atoms with E-state index in [9.17, 15) is 0 Å². The summed E-state index contributed by atoms with van der Waals surface area (Å²) in [5.74, 6) is 0. The zero-order valence-corrected chi connectivity index (χ0v) is 15.6. The van der Waals surface area contributed by atoms with Gasteiger partial charge in [0.2, 0.25) is 5.69 Å². The topological polar surface area (TPSA) is 3.88 Å². The fourth-order valence-corrected chi connectivity index (χ4v) is 3.87. The summed E-state index contributed by atoms with van der Waals surface area (Å²) in [6.07, 6.45) is 2.12. The van der Waals surface area contributed by atoms with E-state index in [4.69, 9.17) is 0 Å². The highest BCUT2D eigenvalue weighted by atomic mass is 14.9. The second-order valence-electron chi connectivity index (χ2n) is 6.90. The van der Waals surface area contributed by atoms with Crippen LogP contribution in [0.1, 0.15) is 27.8 Å². The molecular formula is C23H26N+. The Balaban J connectivity index is 2.33. The van der Waals surface area contributed by atoms with Crippen LogP contribution in [0.3, 0.4) is 0 Å². The molecule has 0 aliphatic heterocycles. The van der Waals surface area contributed by atoms with Crippen molar-refractivity contribution in [3.8, 4) is 22.4 Å². The predicted molar refractivity (Wildman–Crippen MR) is 102 cm³/mol. The van der Waals surface area contributed by atoms with Gasteiger partial charge < -0.3 is 0 Å². The van der Waals surface area contributed by atoms with E-state index >= 15 is 0 Å². The fourth-order valence-electron chi connectivity index (χ4n) is 3.87. The maximum Gasteiger partial charge on any atom is 0.212 e. The highest BCUT2D eigenvalue weighted by molar-refractivity contribution is 5.82. The van der Waals surface area contributed by atoms with Crippen molar-refractivity contribution in [2.75, 3.05) is 0 Å². The summed E-state index contributed by atoms with van der Waals surface area (Å²) in [6.45, 7) is 11.1. The van der Waals surface area contributed by atoms with E-state index in [1.54, 1.807) is 0 Å². The first kappa shape index (κ1) is 16.4. The molecule has 3 rings (SSSR count). The van der Waals surface area contributed by atoms with Gasteiger partial charge in [-0.3, -0.25) is 0 Å². The first-order valence-electron chi connectivity index (χ1n) is 8.53. The van der Waals surface area contributed by atoms with Crippen molar-refractivity contribution in [3.05, 3.63) is 76.5 Å². The van der Waals surface area contributed by atoms with Gasteiger partial charge in [0.15, 0.2) is 6.20 Å². The van der Waals surface area contributed by atoms with E-state index in [2.05, 4.69) is 94.9 Å². The average molecular weight is 316 g/mol. The van der Waals surface area contributed by atoms with Crippen LogP contribution >= 0.6 is 0 Å². The maximum absolute atomic E-state index is 2.32. The van der Waals surface area contributed by atoms with Gasteiger partial charge in [0.1, 0.15) is 7.05 Å². The number of aromatic nitrogens is 1. The zero-order chi connectivity index (χ0) is 17.4. The van der Waals surface area contributed by atoms with Crippen LogP contribution in [0.15, 0.2) is 48.7 Å². The van der Waals surface area contributed by atoms with Crippen molar-refractivity contribution in [2.45, 2.75) is 34.6 Å². The minimum absolute atomic E-state index is 1.26. The van der Waals surface area contributed by atoms with Crippen LogP contribution < -0.4 is 4.57 Å². The first-order chi connectivity index (χ1) is 11.4. The Morgan fingerprint density at radius 1 is 0.708 bits per heavy atom. The van der Waals surface area contributed by atoms with E-state index in [0.29, 0.717) is 0 Å². The molecule has 1 aromatic heterocycles. The standard InChI is InChI=1S/C23H26N/c1-15-10-11-20(16(2)13-15)22-17(3)14-18(4)23(19(22)5)21-9-7-8-12-24(21)6/h7-14H,1-6H3/q+1. The van der Waals surface area contributed by atoms with Gasteiger partial charge in [-0.05, 0) is 74.1 Å². The molecule has 0 spiro atoms. The lowest BCUT2D eigenvalue weighted by Gasteiger charge is -2.18. The lowest BCUT2D eigenvalue weighted by atomic mass is 9.86. The number of hydrogen-bond donors (Lipinski definition) is 0. The summed E-state index contributed by atoms with van der Waals surface area (Å²) in [6, 6.07) is 15.5. The molecule has 2 aromatic carbocycles. The number of nitrogens with zero attached hydrogens (tertiary/aromatic N) is 1. The predicted octanol–water partition coefficient (Wildman–Crippen LogP) is 5.39. The molecule has 0 unspecified atom stereocenters. The summed E-state index contributed by atoms with van der Waals surface area (Å²) in [5, 5.41) is 0. The molecule has 0 radical (unpaired) electrons. The number of benzene rings is 2. The second kappa shape index (κ2) is 6.24. The molecule has 0 fully saturated rings. The van der Waals surface area contributed by atoms with Crippen molar-refractivity contribution in [1.82, 2.24) is 0 Å². The Kier molecular flexibility index (Phi) is 4.28. The Labute approximate surface area is 145 Å². The Morgan fingerprint density at radius 2 is 1.42 bits per heavy atom. The third kappa shape index (κ3) is 2.75. The number of aryl methyl sites for hydroxylation is 5. The van der Waals surface area contributed by atoms with Gasteiger partial charge in [-0.2, -0.15) is 0 Å². The molecule has 0 N–H and O–H groups in total. The fraction of sp³-hybridized carbons (Fsp3) is 0.261. The average Bonchev–Trinajstić information content (AvgIpc) is 2.51. The molecule has 122 valence electrons. The van der Waals surface area contributed by atoms with Gasteiger partial charge in [-0.25, -0.2) is 4.57 Å². The summed E-state index contributed by atoms with van der Waals surface area (Å²) >= 11 is 0. The normalized spacial score (nSPS) is 10.9. The van der Waals surface area contributed by atoms with Crippen molar-refractivity contribution in [2.24, 2.45) is 7.05 Å². The molecule has 0 aliphatic carbocycles. The molecule has 1 heteroatoms. The lowest BCUT2D eigenvalue weighted by molar-refractivity contribution is -0.660. The maximum atomic E-state index is 2.32. The summed E-state index contributed by atoms with van der Waals surface area (Å²) in [5.41, 5.74) is 12.0. The molecule has 0 saturated heterocycles. The molecule has 0 aliphatic rings. The van der Waals surface area contributed by atoms with Crippen molar-refractivity contribution >= 4 is 0 Å². The van der Waals surface area contributed by atoms with E-state index in [1.807, 2.05) is 0 Å². The third-order valence-corrected chi connectivity index (χ3v) is 4.93. The van der Waals surface area contributed by atoms with Crippen LogP contribution in [-0.4, -0.2) is 0 Å². The van der Waals surface area contributed by atoms with Gasteiger partial charge in [-0.15, -0.1) is 0 Å². The number of pyridine rings is 1. The van der Waals surface area contributed by atoms with E-state index in [0.717, 1.165) is 0 Å². The van der Waals surface area contributed by atoms with E-state index in [-0.39, 0.29) is 0 Å². The molecule has 0 bridgehead atoms. The van der Waals surface area contributed by atoms with Crippen LogP contribution in [0, 0.1) is 34.6 Å². The third-order valence-electron chi connectivity index (χ3n) is 4.93. The van der Waals surface area contributed by atoms with Crippen molar-refractivity contribution < 1.29 is 4.57 Å². The Bertz CT molecular complexity index is 920. The molecule has 24 heavy (non-hydrogen) atoms. The van der Waals surface area contributed by atoms with Crippen LogP contribution in [0.4, 0.5) is 0 Å². The van der Waals surface area contributed by atoms with E-state index in [1.165, 1.54) is 50.2 Å². The van der Waals surface area contributed by atoms with Crippen molar-refractivity contribution in [1.29, 1.82) is 0 Å². The van der Waals surface area contributed by atoms with Gasteiger partial charge in [0.05, 0.1) is 5.56 Å². The largest absolute Gasteiger partial charge is 0.212 e. The minimum Gasteiger partial charge on any atom is -0.201 e. The SMILES string of the molecule is Cc1ccc(-c2c(C)cc(C)c(-c3cccc[n+]3C)c2C)c(C)c1. The zero-order valence-electron chi connectivity index (χ0n) is 15.6. The van der Waals surface area contributed by atoms with Gasteiger partial charge in [-0.1, -0.05) is 29.8 Å². The summed E-state index contributed by atoms with van der Waals surface area (Å²) in [4.78, 5) is 0. The molecule has 0 amide bonds. The van der Waals surface area contributed by atoms with Crippen LogP contribution in [-0.2, 0) is 7.05 Å². The quantitative estimate of drug-likeness (QED) is 0.558. The monoisotopic (exact) mass is 316 g/mol. The van der Waals surface area contributed by atoms with Crippen LogP contribution in [0.5, 0.6) is 0 Å². The van der Waals surface area contributed by atoms with Crippen molar-refractivity contribution in [3.63, 3.8) is 0 Å². The molecule has 3 aromatic rings. The molecular weight excluding hydrogens is 290 g/mol. The van der Waals surface area contributed by atoms with Crippen LogP contribution in [0.2, 0.25) is 0 Å². The molecule has 1 nitrogen and oxygen atoms in total. The minimum atomic E-state index is 1.26. The van der Waals surface area contributed by atoms with Gasteiger partial charge in [0.25, 0.3) is 0 Å². The van der Waals surface area contributed by atoms with Crippen LogP contribution in [0.25, 0.3) is 22.4 Å². The number of hydrogen-bond acceptors (Lipinski definition) is 0. The second-order valence-corrected chi connectivity index (χ2v) is 6.90. The Hall–Kier alpha value is -2.41. The highest BCUT2D eigenvalue weighted by Gasteiger charge is 2.20. The lowest BCUT2D eigenvalue weighted by Crippen LogP contribution is -2.30. The van der Waals surface area contributed by atoms with Gasteiger partial charge >= 0.3 is 0 Å². The number of rotatable bonds is 2. The first-order valence-corrected chi connectivity index (χ1v) is 8.53. The van der Waals surface area contributed by atoms with Gasteiger partial charge in [0, 0.05) is 12.1 Å². The van der Waals surface area contributed by atoms with E-state index < -0.39 is 0 Å². The smallest absolute Gasteiger partial charge is 0.201 e. The summed E-state index contributed by atoms with van der Waals surface area (Å²) in [7, 11) is 2.12. The molecule has 1 heterocycles. The molecule has 0 atom stereocenters. The summed E-state index contributed by atoms with van der Waals surface area (Å²) < 4.78 is 2.20. The Morgan fingerprint density at radius 3 is 2.08 bits per heavy atom. The molecule has 0 saturated carbocycles. The highest BCUT2D eigenvalue weighted by Crippen LogP contribution is 2.37.